The minimum absolute atomic E-state index is 0.0242. The molecule has 11 heteroatoms. The van der Waals surface area contributed by atoms with Crippen LogP contribution in [0.1, 0.15) is 6.92 Å². The van der Waals surface area contributed by atoms with Gasteiger partial charge in [0.1, 0.15) is 17.3 Å². The first-order valence-electron chi connectivity index (χ1n) is 9.80. The molecule has 0 atom stereocenters. The minimum Gasteiger partial charge on any atom is -0.454 e. The van der Waals surface area contributed by atoms with Gasteiger partial charge in [0.25, 0.3) is 15.6 Å². The Bertz CT molecular complexity index is 1450. The Morgan fingerprint density at radius 3 is 2.44 bits per heavy atom. The van der Waals surface area contributed by atoms with Crippen molar-refractivity contribution in [2.24, 2.45) is 7.05 Å². The Morgan fingerprint density at radius 1 is 1.15 bits per heavy atom. The topological polar surface area (TPSA) is 97.7 Å². The molecule has 2 aromatic carbocycles. The van der Waals surface area contributed by atoms with Crippen molar-refractivity contribution < 1.29 is 26.7 Å². The van der Waals surface area contributed by atoms with Gasteiger partial charge in [0, 0.05) is 49.8 Å². The van der Waals surface area contributed by atoms with E-state index in [2.05, 4.69) is 11.9 Å². The minimum atomic E-state index is -3.83. The fourth-order valence-corrected chi connectivity index (χ4v) is 3.73. The summed E-state index contributed by atoms with van der Waals surface area (Å²) in [6.45, 7) is 4.55. The number of anilines is 2. The standard InChI is InChI=1S/C23H21F2N3O5S/c1-5-34(31,32)28(4)17-7-9-21(33-22-8-6-16(24)11-19(22)25)18(12-17)15-10-20(26-14(2)29)23(30)27(3)13-15/h5-13H,1H2,2-4H3,(H,26,29). The second-order valence-electron chi connectivity index (χ2n) is 7.28. The summed E-state index contributed by atoms with van der Waals surface area (Å²) in [5.41, 5.74) is 0.346. The number of hydrogen-bond donors (Lipinski definition) is 1. The summed E-state index contributed by atoms with van der Waals surface area (Å²) in [6, 6.07) is 8.48. The Kier molecular flexibility index (Phi) is 6.87. The molecule has 0 aliphatic rings. The van der Waals surface area contributed by atoms with Crippen LogP contribution >= 0.6 is 0 Å². The summed E-state index contributed by atoms with van der Waals surface area (Å²) in [4.78, 5) is 24.0. The van der Waals surface area contributed by atoms with Gasteiger partial charge in [-0.1, -0.05) is 6.58 Å². The van der Waals surface area contributed by atoms with E-state index in [-0.39, 0.29) is 28.4 Å². The quantitative estimate of drug-likeness (QED) is 0.541. The number of benzene rings is 2. The lowest BCUT2D eigenvalue weighted by Gasteiger charge is -2.20. The number of pyridine rings is 1. The fourth-order valence-electron chi connectivity index (χ4n) is 3.10. The van der Waals surface area contributed by atoms with Crippen molar-refractivity contribution in [3.05, 3.63) is 82.6 Å². The first-order chi connectivity index (χ1) is 15.9. The Hall–Kier alpha value is -3.99. The summed E-state index contributed by atoms with van der Waals surface area (Å²) in [7, 11) is -1.04. The average molecular weight is 490 g/mol. The van der Waals surface area contributed by atoms with E-state index < -0.39 is 33.1 Å². The molecule has 3 aromatic rings. The van der Waals surface area contributed by atoms with E-state index in [1.54, 1.807) is 0 Å². The van der Waals surface area contributed by atoms with Crippen LogP contribution in [-0.2, 0) is 21.9 Å². The predicted molar refractivity (Wildman–Crippen MR) is 125 cm³/mol. The van der Waals surface area contributed by atoms with E-state index in [1.807, 2.05) is 0 Å². The Morgan fingerprint density at radius 2 is 1.82 bits per heavy atom. The van der Waals surface area contributed by atoms with Gasteiger partial charge in [-0.15, -0.1) is 0 Å². The van der Waals surface area contributed by atoms with Gasteiger partial charge in [-0.05, 0) is 36.4 Å². The monoisotopic (exact) mass is 489 g/mol. The van der Waals surface area contributed by atoms with Crippen LogP contribution < -0.4 is 19.9 Å². The maximum atomic E-state index is 14.2. The highest BCUT2D eigenvalue weighted by Crippen LogP contribution is 2.38. The van der Waals surface area contributed by atoms with Crippen LogP contribution in [0.5, 0.6) is 11.5 Å². The number of rotatable bonds is 7. The van der Waals surface area contributed by atoms with Crippen LogP contribution in [0.15, 0.2) is 65.4 Å². The maximum Gasteiger partial charge on any atom is 0.274 e. The van der Waals surface area contributed by atoms with Gasteiger partial charge in [-0.2, -0.15) is 0 Å². The third-order valence-electron chi connectivity index (χ3n) is 4.84. The summed E-state index contributed by atoms with van der Waals surface area (Å²) in [6.07, 6.45) is 1.45. The first-order valence-corrected chi connectivity index (χ1v) is 11.3. The molecule has 1 N–H and O–H groups in total. The molecule has 0 fully saturated rings. The number of hydrogen-bond acceptors (Lipinski definition) is 5. The smallest absolute Gasteiger partial charge is 0.274 e. The third kappa shape index (κ3) is 5.15. The fraction of sp³-hybridized carbons (Fsp3) is 0.130. The maximum absolute atomic E-state index is 14.2. The predicted octanol–water partition coefficient (Wildman–Crippen LogP) is 3.99. The summed E-state index contributed by atoms with van der Waals surface area (Å²) in [5, 5.41) is 3.23. The van der Waals surface area contributed by atoms with E-state index in [0.29, 0.717) is 11.6 Å². The molecule has 8 nitrogen and oxygen atoms in total. The summed E-state index contributed by atoms with van der Waals surface area (Å²) < 4.78 is 60.0. The molecular weight excluding hydrogens is 468 g/mol. The Balaban J connectivity index is 2.24. The number of carbonyl (C=O) groups is 1. The second-order valence-corrected chi connectivity index (χ2v) is 9.19. The zero-order valence-corrected chi connectivity index (χ0v) is 19.3. The van der Waals surface area contributed by atoms with Crippen molar-refractivity contribution >= 4 is 27.3 Å². The molecule has 34 heavy (non-hydrogen) atoms. The number of amides is 1. The number of nitrogens with one attached hydrogen (secondary N) is 1. The molecule has 1 amide bonds. The molecular formula is C23H21F2N3O5S. The molecule has 0 aliphatic heterocycles. The number of aryl methyl sites for hydroxylation is 1. The van der Waals surface area contributed by atoms with E-state index in [1.165, 1.54) is 56.0 Å². The lowest BCUT2D eigenvalue weighted by molar-refractivity contribution is -0.114. The average Bonchev–Trinajstić information content (AvgIpc) is 2.78. The Labute approximate surface area is 194 Å². The van der Waals surface area contributed by atoms with Crippen LogP contribution in [0, 0.1) is 11.6 Å². The lowest BCUT2D eigenvalue weighted by atomic mass is 10.0. The zero-order valence-electron chi connectivity index (χ0n) is 18.5. The van der Waals surface area contributed by atoms with Gasteiger partial charge in [-0.25, -0.2) is 17.2 Å². The van der Waals surface area contributed by atoms with Gasteiger partial charge >= 0.3 is 0 Å². The van der Waals surface area contributed by atoms with Crippen LogP contribution in [-0.4, -0.2) is 25.9 Å². The van der Waals surface area contributed by atoms with Crippen molar-refractivity contribution in [3.8, 4) is 22.6 Å². The second kappa shape index (κ2) is 9.48. The van der Waals surface area contributed by atoms with Gasteiger partial charge in [-0.3, -0.25) is 13.9 Å². The molecule has 1 heterocycles. The van der Waals surface area contributed by atoms with Crippen LogP contribution in [0.2, 0.25) is 0 Å². The summed E-state index contributed by atoms with van der Waals surface area (Å²) >= 11 is 0. The molecule has 0 unspecified atom stereocenters. The van der Waals surface area contributed by atoms with Gasteiger partial charge < -0.3 is 14.6 Å². The van der Waals surface area contributed by atoms with Crippen LogP contribution in [0.3, 0.4) is 0 Å². The summed E-state index contributed by atoms with van der Waals surface area (Å²) in [5.74, 6) is -2.37. The number of nitrogens with zero attached hydrogens (tertiary/aromatic N) is 2. The molecule has 1 aromatic heterocycles. The normalized spacial score (nSPS) is 11.1. The molecule has 178 valence electrons. The van der Waals surface area contributed by atoms with Crippen LogP contribution in [0.25, 0.3) is 11.1 Å². The van der Waals surface area contributed by atoms with Crippen molar-refractivity contribution in [1.82, 2.24) is 4.57 Å². The first kappa shape index (κ1) is 24.6. The van der Waals surface area contributed by atoms with E-state index in [4.69, 9.17) is 4.74 Å². The highest BCUT2D eigenvalue weighted by Gasteiger charge is 2.19. The number of halogens is 2. The van der Waals surface area contributed by atoms with Gasteiger partial charge in [0.15, 0.2) is 11.6 Å². The third-order valence-corrected chi connectivity index (χ3v) is 6.23. The molecule has 0 spiro atoms. The van der Waals surface area contributed by atoms with Crippen molar-refractivity contribution in [3.63, 3.8) is 0 Å². The SMILES string of the molecule is C=CS(=O)(=O)N(C)c1ccc(Oc2ccc(F)cc2F)c(-c2cc(NC(C)=O)c(=O)n(C)c2)c1. The van der Waals surface area contributed by atoms with Crippen LogP contribution in [0.4, 0.5) is 20.2 Å². The molecule has 0 saturated carbocycles. The molecule has 0 radical (unpaired) electrons. The van der Waals surface area contributed by atoms with Gasteiger partial charge in [0.05, 0.1) is 5.69 Å². The lowest BCUT2D eigenvalue weighted by Crippen LogP contribution is -2.24. The highest BCUT2D eigenvalue weighted by molar-refractivity contribution is 7.95. The zero-order chi connectivity index (χ0) is 25.2. The number of ether oxygens (including phenoxy) is 1. The molecule has 0 bridgehead atoms. The number of carbonyl (C=O) groups excluding carboxylic acids is 1. The van der Waals surface area contributed by atoms with E-state index >= 15 is 0 Å². The van der Waals surface area contributed by atoms with E-state index in [9.17, 15) is 26.8 Å². The largest absolute Gasteiger partial charge is 0.454 e. The number of sulfonamides is 1. The highest BCUT2D eigenvalue weighted by atomic mass is 32.2. The van der Waals surface area contributed by atoms with Gasteiger partial charge in [0.2, 0.25) is 5.91 Å². The van der Waals surface area contributed by atoms with E-state index in [0.717, 1.165) is 21.8 Å². The molecule has 3 rings (SSSR count). The molecule has 0 aliphatic carbocycles. The van der Waals surface area contributed by atoms with Crippen molar-refractivity contribution in [2.75, 3.05) is 16.7 Å². The van der Waals surface area contributed by atoms with Crippen molar-refractivity contribution in [2.45, 2.75) is 6.92 Å². The molecule has 0 saturated heterocycles. The number of aromatic nitrogens is 1. The van der Waals surface area contributed by atoms with Crippen molar-refractivity contribution in [1.29, 1.82) is 0 Å².